The van der Waals surface area contributed by atoms with Crippen LogP contribution in [0.2, 0.25) is 5.02 Å². The molecule has 11 heteroatoms. The summed E-state index contributed by atoms with van der Waals surface area (Å²) >= 11 is 5.87. The molecule has 1 amide bonds. The number of amides is 1. The van der Waals surface area contributed by atoms with Gasteiger partial charge in [0.2, 0.25) is 10.0 Å². The Morgan fingerprint density at radius 2 is 1.79 bits per heavy atom. The average molecular weight is 507 g/mol. The van der Waals surface area contributed by atoms with Crippen molar-refractivity contribution in [1.82, 2.24) is 4.72 Å². The summed E-state index contributed by atoms with van der Waals surface area (Å²) in [6.45, 7) is 4.00. The normalized spacial score (nSPS) is 21.6. The minimum atomic E-state index is -4.68. The number of carbonyl (C=O) groups is 1. The number of alkyl halides is 3. The second kappa shape index (κ2) is 9.60. The molecule has 0 aromatic heterocycles. The summed E-state index contributed by atoms with van der Waals surface area (Å²) in [5.41, 5.74) is -2.08. The van der Waals surface area contributed by atoms with Gasteiger partial charge in [-0.15, -0.1) is 0 Å². The highest BCUT2D eigenvalue weighted by atomic mass is 35.5. The van der Waals surface area contributed by atoms with Crippen molar-refractivity contribution in [2.24, 2.45) is 11.8 Å². The number of carbonyl (C=O) groups excluding carboxylic acids is 1. The maximum absolute atomic E-state index is 14.4. The van der Waals surface area contributed by atoms with E-state index in [1.807, 2.05) is 13.8 Å². The van der Waals surface area contributed by atoms with E-state index in [0.29, 0.717) is 18.4 Å². The second-order valence-electron chi connectivity index (χ2n) is 8.28. The van der Waals surface area contributed by atoms with Crippen LogP contribution in [0.5, 0.6) is 0 Å². The van der Waals surface area contributed by atoms with Crippen LogP contribution in [-0.4, -0.2) is 20.4 Å². The Hall–Kier alpha value is -2.17. The lowest BCUT2D eigenvalue weighted by atomic mass is 9.78. The molecule has 3 atom stereocenters. The Kier molecular flexibility index (Phi) is 7.40. The molecule has 2 aromatic carbocycles. The average Bonchev–Trinajstić information content (AvgIpc) is 2.72. The van der Waals surface area contributed by atoms with Crippen LogP contribution in [0.3, 0.4) is 0 Å². The standard InChI is InChI=1S/C22H23ClF4N2O3S/c1-12-4-3-5-19(13(12)2)29-33(31,32)15-7-9-18(24)16(11-15)21(30)28-20-10-14(22(25,26)27)6-8-17(20)23/h6-13,19,29H,3-5H2,1-2H3,(H,28,30)/t12-,13+,19+/m1/s1. The zero-order valence-electron chi connectivity index (χ0n) is 17.8. The first-order valence-electron chi connectivity index (χ1n) is 10.3. The van der Waals surface area contributed by atoms with E-state index in [1.165, 1.54) is 0 Å². The molecule has 0 saturated heterocycles. The van der Waals surface area contributed by atoms with Gasteiger partial charge in [0.15, 0.2) is 0 Å². The summed E-state index contributed by atoms with van der Waals surface area (Å²) in [4.78, 5) is 12.3. The Bertz CT molecular complexity index is 1150. The van der Waals surface area contributed by atoms with Gasteiger partial charge in [0.25, 0.3) is 5.91 Å². The largest absolute Gasteiger partial charge is 0.416 e. The summed E-state index contributed by atoms with van der Waals surface area (Å²) in [5, 5.41) is 1.93. The molecule has 33 heavy (non-hydrogen) atoms. The van der Waals surface area contributed by atoms with Crippen LogP contribution in [0.25, 0.3) is 0 Å². The highest BCUT2D eigenvalue weighted by Gasteiger charge is 2.32. The maximum Gasteiger partial charge on any atom is 0.416 e. The fourth-order valence-corrected chi connectivity index (χ4v) is 5.40. The van der Waals surface area contributed by atoms with E-state index < -0.39 is 39.1 Å². The van der Waals surface area contributed by atoms with Crippen LogP contribution in [0.4, 0.5) is 23.2 Å². The van der Waals surface area contributed by atoms with Crippen LogP contribution < -0.4 is 10.0 Å². The van der Waals surface area contributed by atoms with Crippen molar-refractivity contribution in [1.29, 1.82) is 0 Å². The van der Waals surface area contributed by atoms with E-state index in [0.717, 1.165) is 43.2 Å². The van der Waals surface area contributed by atoms with Crippen LogP contribution in [0.15, 0.2) is 41.3 Å². The summed E-state index contributed by atoms with van der Waals surface area (Å²) in [6.07, 6.45) is -2.15. The van der Waals surface area contributed by atoms with Crippen LogP contribution in [0, 0.1) is 17.7 Å². The van der Waals surface area contributed by atoms with Gasteiger partial charge in [0.05, 0.1) is 26.7 Å². The Balaban J connectivity index is 1.86. The van der Waals surface area contributed by atoms with Gasteiger partial charge in [-0.2, -0.15) is 13.2 Å². The quantitative estimate of drug-likeness (QED) is 0.499. The van der Waals surface area contributed by atoms with Crippen molar-refractivity contribution in [3.8, 4) is 0 Å². The molecular weight excluding hydrogens is 484 g/mol. The fraction of sp³-hybridized carbons (Fsp3) is 0.409. The zero-order chi connectivity index (χ0) is 24.6. The molecule has 0 aliphatic heterocycles. The molecule has 2 aromatic rings. The van der Waals surface area contributed by atoms with Crippen molar-refractivity contribution in [2.75, 3.05) is 5.32 Å². The first-order valence-corrected chi connectivity index (χ1v) is 12.2. The molecule has 1 aliphatic rings. The number of hydrogen-bond acceptors (Lipinski definition) is 3. The lowest BCUT2D eigenvalue weighted by Gasteiger charge is -2.34. The first kappa shape index (κ1) is 25.5. The van der Waals surface area contributed by atoms with Crippen LogP contribution in [-0.2, 0) is 16.2 Å². The van der Waals surface area contributed by atoms with E-state index in [2.05, 4.69) is 10.0 Å². The van der Waals surface area contributed by atoms with Crippen molar-refractivity contribution < 1.29 is 30.8 Å². The van der Waals surface area contributed by atoms with E-state index in [1.54, 1.807) is 0 Å². The highest BCUT2D eigenvalue weighted by Crippen LogP contribution is 2.34. The molecule has 1 aliphatic carbocycles. The van der Waals surface area contributed by atoms with E-state index in [9.17, 15) is 30.8 Å². The van der Waals surface area contributed by atoms with Gasteiger partial charge in [-0.1, -0.05) is 38.3 Å². The maximum atomic E-state index is 14.4. The highest BCUT2D eigenvalue weighted by molar-refractivity contribution is 7.89. The number of hydrogen-bond donors (Lipinski definition) is 2. The summed E-state index contributed by atoms with van der Waals surface area (Å²) in [7, 11) is -4.07. The van der Waals surface area contributed by atoms with Crippen molar-refractivity contribution in [3.63, 3.8) is 0 Å². The van der Waals surface area contributed by atoms with E-state index in [-0.39, 0.29) is 27.6 Å². The molecule has 1 saturated carbocycles. The number of benzene rings is 2. The fourth-order valence-electron chi connectivity index (χ4n) is 3.85. The smallest absolute Gasteiger partial charge is 0.321 e. The Morgan fingerprint density at radius 1 is 1.09 bits per heavy atom. The third-order valence-corrected chi connectivity index (χ3v) is 7.87. The molecule has 0 unspecified atom stereocenters. The molecular formula is C22H23ClF4N2O3S. The number of rotatable bonds is 5. The van der Waals surface area contributed by atoms with Gasteiger partial charge < -0.3 is 5.32 Å². The van der Waals surface area contributed by atoms with Gasteiger partial charge in [-0.05, 0) is 54.7 Å². The third-order valence-electron chi connectivity index (χ3n) is 6.05. The summed E-state index contributed by atoms with van der Waals surface area (Å²) < 4.78 is 81.7. The van der Waals surface area contributed by atoms with Crippen molar-refractivity contribution in [3.05, 3.63) is 58.4 Å². The predicted octanol–water partition coefficient (Wildman–Crippen LogP) is 5.85. The minimum Gasteiger partial charge on any atom is -0.321 e. The number of nitrogens with one attached hydrogen (secondary N) is 2. The van der Waals surface area contributed by atoms with Gasteiger partial charge in [0.1, 0.15) is 5.82 Å². The molecule has 5 nitrogen and oxygen atoms in total. The van der Waals surface area contributed by atoms with Crippen LogP contribution in [0.1, 0.15) is 49.0 Å². The molecule has 180 valence electrons. The monoisotopic (exact) mass is 506 g/mol. The SMILES string of the molecule is C[C@H]1[C@H](C)CCC[C@@H]1NS(=O)(=O)c1ccc(F)c(C(=O)Nc2cc(C(F)(F)F)ccc2Cl)c1. The zero-order valence-corrected chi connectivity index (χ0v) is 19.4. The van der Waals surface area contributed by atoms with E-state index >= 15 is 0 Å². The molecule has 1 fully saturated rings. The molecule has 0 bridgehead atoms. The lowest BCUT2D eigenvalue weighted by Crippen LogP contribution is -2.43. The second-order valence-corrected chi connectivity index (χ2v) is 10.4. The number of anilines is 1. The van der Waals surface area contributed by atoms with E-state index in [4.69, 9.17) is 11.6 Å². The lowest BCUT2D eigenvalue weighted by molar-refractivity contribution is -0.137. The predicted molar refractivity (Wildman–Crippen MR) is 117 cm³/mol. The minimum absolute atomic E-state index is 0.0970. The summed E-state index contributed by atoms with van der Waals surface area (Å²) in [5.74, 6) is -1.74. The van der Waals surface area contributed by atoms with Gasteiger partial charge in [-0.25, -0.2) is 17.5 Å². The third kappa shape index (κ3) is 5.85. The van der Waals surface area contributed by atoms with Crippen molar-refractivity contribution >= 4 is 33.2 Å². The topological polar surface area (TPSA) is 75.3 Å². The van der Waals surface area contributed by atoms with Gasteiger partial charge >= 0.3 is 6.18 Å². The molecule has 0 spiro atoms. The molecule has 0 radical (unpaired) electrons. The number of halogens is 5. The van der Waals surface area contributed by atoms with Crippen molar-refractivity contribution in [2.45, 2.75) is 50.2 Å². The number of sulfonamides is 1. The van der Waals surface area contributed by atoms with Crippen LogP contribution >= 0.6 is 11.6 Å². The Labute approximate surface area is 194 Å². The Morgan fingerprint density at radius 3 is 2.45 bits per heavy atom. The molecule has 0 heterocycles. The molecule has 2 N–H and O–H groups in total. The van der Waals surface area contributed by atoms with Gasteiger partial charge in [0, 0.05) is 6.04 Å². The van der Waals surface area contributed by atoms with Gasteiger partial charge in [-0.3, -0.25) is 4.79 Å². The first-order chi connectivity index (χ1) is 15.3. The summed E-state index contributed by atoms with van der Waals surface area (Å²) in [6, 6.07) is 4.72. The molecule has 3 rings (SSSR count).